The summed E-state index contributed by atoms with van der Waals surface area (Å²) >= 11 is 0. The van der Waals surface area contributed by atoms with Crippen molar-refractivity contribution >= 4 is 5.57 Å². The van der Waals surface area contributed by atoms with Crippen molar-refractivity contribution in [1.29, 1.82) is 0 Å². The van der Waals surface area contributed by atoms with E-state index in [0.29, 0.717) is 17.2 Å². The molecule has 0 aliphatic heterocycles. The first-order valence-electron chi connectivity index (χ1n) is 9.49. The van der Waals surface area contributed by atoms with Crippen molar-refractivity contribution in [2.24, 2.45) is 11.3 Å². The molecular weight excluding hydrogens is 323 g/mol. The van der Waals surface area contributed by atoms with Crippen LogP contribution in [0.15, 0.2) is 42.5 Å². The molecule has 138 valence electrons. The highest BCUT2D eigenvalue weighted by Crippen LogP contribution is 2.47. The molecule has 0 heterocycles. The van der Waals surface area contributed by atoms with Gasteiger partial charge in [0.1, 0.15) is 11.6 Å². The normalized spacial score (nSPS) is 16.0. The second-order valence-electron chi connectivity index (χ2n) is 8.36. The van der Waals surface area contributed by atoms with Gasteiger partial charge in [-0.3, -0.25) is 0 Å². The third-order valence-corrected chi connectivity index (χ3v) is 5.33. The van der Waals surface area contributed by atoms with Crippen molar-refractivity contribution in [3.63, 3.8) is 0 Å². The van der Waals surface area contributed by atoms with E-state index in [2.05, 4.69) is 52.0 Å². The van der Waals surface area contributed by atoms with Gasteiger partial charge in [-0.1, -0.05) is 52.0 Å². The molecule has 2 aromatic carbocycles. The van der Waals surface area contributed by atoms with Gasteiger partial charge in [-0.15, -0.1) is 0 Å². The maximum atomic E-state index is 14.7. The smallest absolute Gasteiger partial charge is 0.131 e. The summed E-state index contributed by atoms with van der Waals surface area (Å²) in [6, 6.07) is 11.5. The van der Waals surface area contributed by atoms with Gasteiger partial charge in [-0.2, -0.15) is 0 Å². The molecule has 0 saturated heterocycles. The van der Waals surface area contributed by atoms with Crippen LogP contribution in [0.25, 0.3) is 16.7 Å². The van der Waals surface area contributed by atoms with Crippen LogP contribution >= 0.6 is 0 Å². The van der Waals surface area contributed by atoms with Crippen LogP contribution < -0.4 is 4.74 Å². The maximum absolute atomic E-state index is 14.7. The molecule has 1 nitrogen and oxygen atoms in total. The molecule has 1 aliphatic rings. The molecule has 1 aliphatic carbocycles. The topological polar surface area (TPSA) is 9.23 Å². The van der Waals surface area contributed by atoms with E-state index in [0.717, 1.165) is 30.4 Å². The fourth-order valence-electron chi connectivity index (χ4n) is 3.95. The molecule has 0 amide bonds. The number of benzene rings is 2. The lowest BCUT2D eigenvalue weighted by Crippen LogP contribution is -2.10. The monoisotopic (exact) mass is 352 g/mol. The average Bonchev–Trinajstić information content (AvgIpc) is 2.94. The summed E-state index contributed by atoms with van der Waals surface area (Å²) in [5, 5.41) is 0. The molecule has 0 aromatic heterocycles. The number of hydrogen-bond donors (Lipinski definition) is 0. The molecule has 2 aromatic rings. The molecular formula is C24H29FO. The van der Waals surface area contributed by atoms with Gasteiger partial charge in [0.2, 0.25) is 0 Å². The van der Waals surface area contributed by atoms with E-state index >= 15 is 0 Å². The standard InChI is InChI=1S/C24H29FO/c1-16(2)13-17-8-10-19(21-15-18(26-5)9-11-23(21)25)20(14-17)22-7-6-12-24(22,3)4/h7-11,14-16H,6,12-13H2,1-5H3. The Labute approximate surface area is 156 Å². The molecule has 0 fully saturated rings. The maximum Gasteiger partial charge on any atom is 0.131 e. The Balaban J connectivity index is 2.19. The fourth-order valence-corrected chi connectivity index (χ4v) is 3.95. The molecule has 26 heavy (non-hydrogen) atoms. The van der Waals surface area contributed by atoms with Crippen LogP contribution in [-0.4, -0.2) is 7.11 Å². The Bertz CT molecular complexity index is 830. The van der Waals surface area contributed by atoms with Crippen molar-refractivity contribution < 1.29 is 9.13 Å². The Hall–Kier alpha value is -2.09. The predicted octanol–water partition coefficient (Wildman–Crippen LogP) is 6.90. The van der Waals surface area contributed by atoms with Crippen LogP contribution in [0.5, 0.6) is 5.75 Å². The van der Waals surface area contributed by atoms with Crippen molar-refractivity contribution in [3.8, 4) is 16.9 Å². The Kier molecular flexibility index (Phi) is 5.22. The minimum Gasteiger partial charge on any atom is -0.497 e. The summed E-state index contributed by atoms with van der Waals surface area (Å²) < 4.78 is 20.0. The van der Waals surface area contributed by atoms with Crippen LogP contribution in [0, 0.1) is 17.2 Å². The van der Waals surface area contributed by atoms with Crippen molar-refractivity contribution in [2.75, 3.05) is 7.11 Å². The zero-order chi connectivity index (χ0) is 18.9. The Morgan fingerprint density at radius 2 is 1.81 bits per heavy atom. The molecule has 0 spiro atoms. The quantitative estimate of drug-likeness (QED) is 0.568. The van der Waals surface area contributed by atoms with Gasteiger partial charge in [0, 0.05) is 5.56 Å². The number of halogens is 1. The summed E-state index contributed by atoms with van der Waals surface area (Å²) in [4.78, 5) is 0. The number of rotatable bonds is 5. The molecule has 0 N–H and O–H groups in total. The van der Waals surface area contributed by atoms with Gasteiger partial charge >= 0.3 is 0 Å². The van der Waals surface area contributed by atoms with E-state index in [4.69, 9.17) is 4.74 Å². The summed E-state index contributed by atoms with van der Waals surface area (Å²) in [7, 11) is 1.62. The third kappa shape index (κ3) is 3.70. The van der Waals surface area contributed by atoms with Crippen LogP contribution in [-0.2, 0) is 6.42 Å². The van der Waals surface area contributed by atoms with E-state index in [9.17, 15) is 4.39 Å². The van der Waals surface area contributed by atoms with Crippen LogP contribution in [0.2, 0.25) is 0 Å². The first-order valence-corrected chi connectivity index (χ1v) is 9.49. The van der Waals surface area contributed by atoms with Gasteiger partial charge in [0.15, 0.2) is 0 Å². The first-order chi connectivity index (χ1) is 12.3. The van der Waals surface area contributed by atoms with Crippen LogP contribution in [0.1, 0.15) is 51.7 Å². The summed E-state index contributed by atoms with van der Waals surface area (Å²) in [5.41, 5.74) is 5.48. The number of allylic oxidation sites excluding steroid dienone is 2. The molecule has 0 radical (unpaired) electrons. The van der Waals surface area contributed by atoms with Crippen LogP contribution in [0.4, 0.5) is 4.39 Å². The SMILES string of the molecule is COc1ccc(F)c(-c2ccc(CC(C)C)cc2C2=CCCC2(C)C)c1. The highest BCUT2D eigenvalue weighted by Gasteiger charge is 2.30. The lowest BCUT2D eigenvalue weighted by molar-refractivity contribution is 0.414. The second kappa shape index (κ2) is 7.26. The molecule has 0 bridgehead atoms. The molecule has 3 rings (SSSR count). The highest BCUT2D eigenvalue weighted by molar-refractivity contribution is 5.85. The molecule has 0 saturated carbocycles. The lowest BCUT2D eigenvalue weighted by Gasteiger charge is -2.26. The zero-order valence-corrected chi connectivity index (χ0v) is 16.5. The first kappa shape index (κ1) is 18.7. The minimum atomic E-state index is -0.208. The van der Waals surface area contributed by atoms with Crippen molar-refractivity contribution in [1.82, 2.24) is 0 Å². The summed E-state index contributed by atoms with van der Waals surface area (Å²) in [6.45, 7) is 9.03. The van der Waals surface area contributed by atoms with E-state index in [1.165, 1.54) is 17.2 Å². The lowest BCUT2D eigenvalue weighted by atomic mass is 9.79. The largest absolute Gasteiger partial charge is 0.497 e. The van der Waals surface area contributed by atoms with Gasteiger partial charge in [-0.05, 0) is 71.1 Å². The van der Waals surface area contributed by atoms with Gasteiger partial charge < -0.3 is 4.74 Å². The Morgan fingerprint density at radius 1 is 1.04 bits per heavy atom. The van der Waals surface area contributed by atoms with Crippen molar-refractivity contribution in [2.45, 2.75) is 47.0 Å². The van der Waals surface area contributed by atoms with Gasteiger partial charge in [0.05, 0.1) is 7.11 Å². The second-order valence-corrected chi connectivity index (χ2v) is 8.36. The number of methoxy groups -OCH3 is 1. The van der Waals surface area contributed by atoms with Crippen LogP contribution in [0.3, 0.4) is 0 Å². The fraction of sp³-hybridized carbons (Fsp3) is 0.417. The van der Waals surface area contributed by atoms with Crippen molar-refractivity contribution in [3.05, 3.63) is 59.4 Å². The zero-order valence-electron chi connectivity index (χ0n) is 16.5. The van der Waals surface area contributed by atoms with Gasteiger partial charge in [0.25, 0.3) is 0 Å². The van der Waals surface area contributed by atoms with E-state index in [1.54, 1.807) is 19.2 Å². The number of hydrogen-bond acceptors (Lipinski definition) is 1. The molecule has 2 heteroatoms. The number of ether oxygens (including phenoxy) is 1. The predicted molar refractivity (Wildman–Crippen MR) is 108 cm³/mol. The Morgan fingerprint density at radius 3 is 2.42 bits per heavy atom. The van der Waals surface area contributed by atoms with E-state index < -0.39 is 0 Å². The van der Waals surface area contributed by atoms with E-state index in [-0.39, 0.29) is 11.2 Å². The highest BCUT2D eigenvalue weighted by atomic mass is 19.1. The molecule has 0 atom stereocenters. The average molecular weight is 352 g/mol. The summed E-state index contributed by atoms with van der Waals surface area (Å²) in [6.07, 6.45) is 5.57. The molecule has 0 unspecified atom stereocenters. The third-order valence-electron chi connectivity index (χ3n) is 5.33. The van der Waals surface area contributed by atoms with E-state index in [1.807, 2.05) is 0 Å². The summed E-state index contributed by atoms with van der Waals surface area (Å²) in [5.74, 6) is 1.06. The van der Waals surface area contributed by atoms with Gasteiger partial charge in [-0.25, -0.2) is 4.39 Å². The minimum absolute atomic E-state index is 0.112.